The number of carbonyl (C=O) groups excluding carboxylic acids is 1. The molecule has 0 aliphatic heterocycles. The fourth-order valence-corrected chi connectivity index (χ4v) is 2.67. The van der Waals surface area contributed by atoms with Crippen molar-refractivity contribution < 1.29 is 9.90 Å². The number of aliphatic hydroxyl groups is 1. The zero-order valence-electron chi connectivity index (χ0n) is 12.5. The quantitative estimate of drug-likeness (QED) is 0.661. The fourth-order valence-electron chi connectivity index (χ4n) is 2.67. The molecule has 0 aromatic rings. The number of amides is 1. The molecule has 0 bridgehead atoms. The number of rotatable bonds is 8. The maximum atomic E-state index is 11.7. The molecule has 0 saturated heterocycles. The monoisotopic (exact) mass is 270 g/mol. The third-order valence-electron chi connectivity index (χ3n) is 4.25. The van der Waals surface area contributed by atoms with E-state index in [-0.39, 0.29) is 18.6 Å². The minimum Gasteiger partial charge on any atom is -0.395 e. The lowest BCUT2D eigenvalue weighted by molar-refractivity contribution is -0.122. The predicted molar refractivity (Wildman–Crippen MR) is 78.0 cm³/mol. The Morgan fingerprint density at radius 3 is 2.68 bits per heavy atom. The van der Waals surface area contributed by atoms with Gasteiger partial charge in [0.15, 0.2) is 0 Å². The summed E-state index contributed by atoms with van der Waals surface area (Å²) < 4.78 is 0. The molecular weight excluding hydrogens is 240 g/mol. The molecule has 4 heteroatoms. The molecule has 0 heterocycles. The van der Waals surface area contributed by atoms with Gasteiger partial charge in [-0.1, -0.05) is 32.1 Å². The first kappa shape index (κ1) is 16.4. The normalized spacial score (nSPS) is 18.5. The Morgan fingerprint density at radius 1 is 1.37 bits per heavy atom. The number of hydrogen-bond donors (Lipinski definition) is 2. The smallest absolute Gasteiger partial charge is 0.234 e. The van der Waals surface area contributed by atoms with Gasteiger partial charge in [-0.3, -0.25) is 9.69 Å². The molecule has 1 aliphatic carbocycles. The van der Waals surface area contributed by atoms with Gasteiger partial charge in [0, 0.05) is 12.6 Å². The highest BCUT2D eigenvalue weighted by molar-refractivity contribution is 5.77. The first-order valence-corrected chi connectivity index (χ1v) is 7.71. The molecule has 112 valence electrons. The standard InChI is InChI=1S/C15H30N2O2/c1-13(12-18)17(2)11-15(19)16-10-6-9-14-7-4-3-5-8-14/h13-14,18H,3-12H2,1-2H3,(H,16,19). The molecule has 0 spiro atoms. The van der Waals surface area contributed by atoms with Crippen molar-refractivity contribution in [1.82, 2.24) is 10.2 Å². The topological polar surface area (TPSA) is 52.6 Å². The lowest BCUT2D eigenvalue weighted by Gasteiger charge is -2.23. The van der Waals surface area contributed by atoms with Crippen LogP contribution < -0.4 is 5.32 Å². The maximum absolute atomic E-state index is 11.7. The minimum absolute atomic E-state index is 0.0352. The van der Waals surface area contributed by atoms with Gasteiger partial charge < -0.3 is 10.4 Å². The summed E-state index contributed by atoms with van der Waals surface area (Å²) in [6.45, 7) is 3.16. The third kappa shape index (κ3) is 6.92. The van der Waals surface area contributed by atoms with E-state index in [0.29, 0.717) is 6.54 Å². The summed E-state index contributed by atoms with van der Waals surface area (Å²) in [5, 5.41) is 12.0. The van der Waals surface area contributed by atoms with E-state index in [0.717, 1.165) is 18.9 Å². The van der Waals surface area contributed by atoms with Gasteiger partial charge in [-0.25, -0.2) is 0 Å². The Kier molecular flexibility index (Phi) is 8.07. The predicted octanol–water partition coefficient (Wildman–Crippen LogP) is 1.78. The second-order valence-corrected chi connectivity index (χ2v) is 5.94. The van der Waals surface area contributed by atoms with Gasteiger partial charge in [0.1, 0.15) is 0 Å². The largest absolute Gasteiger partial charge is 0.395 e. The number of aliphatic hydroxyl groups excluding tert-OH is 1. The average molecular weight is 270 g/mol. The lowest BCUT2D eigenvalue weighted by atomic mass is 9.86. The molecule has 1 rings (SSSR count). The van der Waals surface area contributed by atoms with Gasteiger partial charge in [0.2, 0.25) is 5.91 Å². The van der Waals surface area contributed by atoms with E-state index in [9.17, 15) is 4.79 Å². The fraction of sp³-hybridized carbons (Fsp3) is 0.933. The summed E-state index contributed by atoms with van der Waals surface area (Å²) >= 11 is 0. The molecule has 0 aromatic heterocycles. The van der Waals surface area contributed by atoms with Crippen LogP contribution in [0.25, 0.3) is 0 Å². The highest BCUT2D eigenvalue weighted by atomic mass is 16.3. The van der Waals surface area contributed by atoms with Crippen LogP contribution >= 0.6 is 0 Å². The van der Waals surface area contributed by atoms with Gasteiger partial charge in [-0.2, -0.15) is 0 Å². The van der Waals surface area contributed by atoms with E-state index >= 15 is 0 Å². The molecule has 1 amide bonds. The van der Waals surface area contributed by atoms with Crippen LogP contribution in [0.4, 0.5) is 0 Å². The van der Waals surface area contributed by atoms with E-state index in [2.05, 4.69) is 5.32 Å². The molecule has 2 N–H and O–H groups in total. The number of nitrogens with zero attached hydrogens (tertiary/aromatic N) is 1. The number of carbonyl (C=O) groups is 1. The number of hydrogen-bond acceptors (Lipinski definition) is 3. The molecule has 19 heavy (non-hydrogen) atoms. The minimum atomic E-state index is 0.0352. The van der Waals surface area contributed by atoms with Crippen molar-refractivity contribution in [2.75, 3.05) is 26.7 Å². The summed E-state index contributed by atoms with van der Waals surface area (Å²) in [5.41, 5.74) is 0. The molecule has 1 unspecified atom stereocenters. The first-order valence-electron chi connectivity index (χ1n) is 7.71. The molecule has 1 aliphatic rings. The molecule has 4 nitrogen and oxygen atoms in total. The van der Waals surface area contributed by atoms with Gasteiger partial charge in [-0.15, -0.1) is 0 Å². The van der Waals surface area contributed by atoms with E-state index in [1.807, 2.05) is 18.9 Å². The Hall–Kier alpha value is -0.610. The summed E-state index contributed by atoms with van der Waals surface area (Å²) in [5.74, 6) is 0.953. The van der Waals surface area contributed by atoms with Gasteiger partial charge in [-0.05, 0) is 32.7 Å². The molecule has 1 fully saturated rings. The highest BCUT2D eigenvalue weighted by Crippen LogP contribution is 2.26. The molecule has 1 atom stereocenters. The van der Waals surface area contributed by atoms with Crippen LogP contribution in [0.5, 0.6) is 0 Å². The van der Waals surface area contributed by atoms with Gasteiger partial charge in [0.25, 0.3) is 0 Å². The maximum Gasteiger partial charge on any atom is 0.234 e. The van der Waals surface area contributed by atoms with E-state index in [1.165, 1.54) is 38.5 Å². The number of nitrogens with one attached hydrogen (secondary N) is 1. The van der Waals surface area contributed by atoms with Crippen LogP contribution in [0.1, 0.15) is 51.9 Å². The van der Waals surface area contributed by atoms with Gasteiger partial charge in [0.05, 0.1) is 13.2 Å². The molecule has 1 saturated carbocycles. The molecular formula is C15H30N2O2. The summed E-state index contributed by atoms with van der Waals surface area (Å²) in [4.78, 5) is 13.6. The first-order chi connectivity index (χ1) is 9.13. The van der Waals surface area contributed by atoms with Crippen LogP contribution in [-0.4, -0.2) is 48.7 Å². The van der Waals surface area contributed by atoms with Crippen LogP contribution in [0.3, 0.4) is 0 Å². The zero-order chi connectivity index (χ0) is 14.1. The van der Waals surface area contributed by atoms with Crippen molar-refractivity contribution in [2.45, 2.75) is 57.9 Å². The molecule has 0 radical (unpaired) electrons. The average Bonchev–Trinajstić information content (AvgIpc) is 2.43. The van der Waals surface area contributed by atoms with E-state index in [4.69, 9.17) is 5.11 Å². The van der Waals surface area contributed by atoms with Crippen LogP contribution in [-0.2, 0) is 4.79 Å². The van der Waals surface area contributed by atoms with Crippen molar-refractivity contribution in [3.63, 3.8) is 0 Å². The second-order valence-electron chi connectivity index (χ2n) is 5.94. The van der Waals surface area contributed by atoms with Crippen molar-refractivity contribution in [3.05, 3.63) is 0 Å². The highest BCUT2D eigenvalue weighted by Gasteiger charge is 2.14. The van der Waals surface area contributed by atoms with Crippen LogP contribution in [0, 0.1) is 5.92 Å². The summed E-state index contributed by atoms with van der Waals surface area (Å²) in [6, 6.07) is 0.0352. The summed E-state index contributed by atoms with van der Waals surface area (Å²) in [6.07, 6.45) is 9.29. The second kappa shape index (κ2) is 9.32. The third-order valence-corrected chi connectivity index (χ3v) is 4.25. The Balaban J connectivity index is 2.03. The van der Waals surface area contributed by atoms with E-state index in [1.54, 1.807) is 0 Å². The Bertz CT molecular complexity index is 253. The van der Waals surface area contributed by atoms with Gasteiger partial charge >= 0.3 is 0 Å². The van der Waals surface area contributed by atoms with Crippen LogP contribution in [0.2, 0.25) is 0 Å². The lowest BCUT2D eigenvalue weighted by Crippen LogP contribution is -2.41. The van der Waals surface area contributed by atoms with Crippen molar-refractivity contribution >= 4 is 5.91 Å². The Morgan fingerprint density at radius 2 is 2.05 bits per heavy atom. The van der Waals surface area contributed by atoms with Crippen molar-refractivity contribution in [3.8, 4) is 0 Å². The Labute approximate surface area is 117 Å². The zero-order valence-corrected chi connectivity index (χ0v) is 12.5. The van der Waals surface area contributed by atoms with E-state index < -0.39 is 0 Å². The van der Waals surface area contributed by atoms with Crippen LogP contribution in [0.15, 0.2) is 0 Å². The SMILES string of the molecule is CC(CO)N(C)CC(=O)NCCCC1CCCCC1. The molecule has 0 aromatic carbocycles. The summed E-state index contributed by atoms with van der Waals surface area (Å²) in [7, 11) is 1.86. The van der Waals surface area contributed by atoms with Crippen molar-refractivity contribution in [2.24, 2.45) is 5.92 Å². The number of likely N-dealkylation sites (N-methyl/N-ethyl adjacent to an activating group) is 1. The van der Waals surface area contributed by atoms with Crippen molar-refractivity contribution in [1.29, 1.82) is 0 Å².